The number of amides is 2. The predicted molar refractivity (Wildman–Crippen MR) is 135 cm³/mol. The van der Waals surface area contributed by atoms with Gasteiger partial charge in [0.15, 0.2) is 11.5 Å². The summed E-state index contributed by atoms with van der Waals surface area (Å²) in [4.78, 5) is 29.9. The Morgan fingerprint density at radius 3 is 2.54 bits per heavy atom. The summed E-state index contributed by atoms with van der Waals surface area (Å²) < 4.78 is 16.0. The predicted octanol–water partition coefficient (Wildman–Crippen LogP) is 4.05. The molecule has 4 rings (SSSR count). The van der Waals surface area contributed by atoms with Crippen molar-refractivity contribution in [3.63, 3.8) is 0 Å². The maximum atomic E-state index is 13.7. The lowest BCUT2D eigenvalue weighted by Crippen LogP contribution is -2.48. The van der Waals surface area contributed by atoms with E-state index in [-0.39, 0.29) is 11.8 Å². The first-order valence-electron chi connectivity index (χ1n) is 11.5. The fourth-order valence-electron chi connectivity index (χ4n) is 4.56. The van der Waals surface area contributed by atoms with E-state index in [2.05, 4.69) is 5.32 Å². The van der Waals surface area contributed by atoms with Crippen molar-refractivity contribution in [2.45, 2.75) is 18.4 Å². The minimum Gasteiger partial charge on any atom is -0.493 e. The summed E-state index contributed by atoms with van der Waals surface area (Å²) in [5.41, 5.74) is 2.35. The molecule has 0 bridgehead atoms. The van der Waals surface area contributed by atoms with Crippen LogP contribution in [-0.2, 0) is 16.0 Å². The number of ether oxygens (including phenoxy) is 3. The van der Waals surface area contributed by atoms with Crippen molar-refractivity contribution in [3.8, 4) is 11.5 Å². The van der Waals surface area contributed by atoms with Gasteiger partial charge >= 0.3 is 0 Å². The quantitative estimate of drug-likeness (QED) is 0.460. The van der Waals surface area contributed by atoms with Gasteiger partial charge in [-0.2, -0.15) is 0 Å². The van der Waals surface area contributed by atoms with Crippen LogP contribution in [0.25, 0.3) is 0 Å². The molecule has 2 amide bonds. The minimum absolute atomic E-state index is 0.0783. The lowest BCUT2D eigenvalue weighted by atomic mass is 9.81. The first kappa shape index (κ1) is 24.8. The molecule has 0 fully saturated rings. The highest BCUT2D eigenvalue weighted by molar-refractivity contribution is 7.10. The van der Waals surface area contributed by atoms with Crippen LogP contribution in [0.15, 0.2) is 60.0 Å². The summed E-state index contributed by atoms with van der Waals surface area (Å²) in [5.74, 6) is 0.614. The maximum Gasteiger partial charge on any atom is 0.254 e. The van der Waals surface area contributed by atoms with Gasteiger partial charge in [-0.3, -0.25) is 9.59 Å². The summed E-state index contributed by atoms with van der Waals surface area (Å²) in [6, 6.07) is 16.7. The fourth-order valence-corrected chi connectivity index (χ4v) is 5.44. The number of fused-ring (bicyclic) bond motifs is 1. The molecule has 7 nitrogen and oxygen atoms in total. The first-order chi connectivity index (χ1) is 17.1. The highest BCUT2D eigenvalue weighted by Crippen LogP contribution is 2.44. The molecule has 2 aromatic carbocycles. The molecule has 0 spiro atoms. The number of methoxy groups -OCH3 is 3. The van der Waals surface area contributed by atoms with Gasteiger partial charge in [0.2, 0.25) is 5.91 Å². The van der Waals surface area contributed by atoms with Crippen molar-refractivity contribution in [1.82, 2.24) is 10.2 Å². The van der Waals surface area contributed by atoms with E-state index < -0.39 is 12.0 Å². The number of nitrogens with zero attached hydrogens (tertiary/aromatic N) is 1. The highest BCUT2D eigenvalue weighted by atomic mass is 32.1. The van der Waals surface area contributed by atoms with E-state index >= 15 is 0 Å². The van der Waals surface area contributed by atoms with E-state index in [4.69, 9.17) is 14.2 Å². The standard InChI is InChI=1S/C27H30N2O5S/c1-32-15-14-29-25(23-9-6-16-35-23)24(19-7-4-5-8-20(19)27(29)31)26(30)28-13-12-18-10-11-21(33-2)22(17-18)34-3/h4-11,16-17,24-25H,12-15H2,1-3H3,(H,28,30). The van der Waals surface area contributed by atoms with Crippen molar-refractivity contribution in [2.75, 3.05) is 41.0 Å². The van der Waals surface area contributed by atoms with Crippen molar-refractivity contribution in [3.05, 3.63) is 81.5 Å². The smallest absolute Gasteiger partial charge is 0.254 e. The van der Waals surface area contributed by atoms with Gasteiger partial charge in [-0.15, -0.1) is 11.3 Å². The molecule has 1 aliphatic rings. The zero-order chi connectivity index (χ0) is 24.8. The molecule has 1 aliphatic heterocycles. The third-order valence-corrected chi connectivity index (χ3v) is 7.20. The first-order valence-corrected chi connectivity index (χ1v) is 12.4. The maximum absolute atomic E-state index is 13.7. The van der Waals surface area contributed by atoms with Crippen molar-refractivity contribution < 1.29 is 23.8 Å². The molecular weight excluding hydrogens is 464 g/mol. The molecule has 2 heterocycles. The highest BCUT2D eigenvalue weighted by Gasteiger charge is 2.44. The SMILES string of the molecule is COCCN1C(=O)c2ccccc2C(C(=O)NCCc2ccc(OC)c(OC)c2)C1c1cccs1. The monoisotopic (exact) mass is 494 g/mol. The van der Waals surface area contributed by atoms with E-state index in [1.807, 2.05) is 53.9 Å². The summed E-state index contributed by atoms with van der Waals surface area (Å²) in [6.45, 7) is 1.25. The number of carbonyl (C=O) groups is 2. The summed E-state index contributed by atoms with van der Waals surface area (Å²) >= 11 is 1.55. The van der Waals surface area contributed by atoms with Crippen LogP contribution >= 0.6 is 11.3 Å². The van der Waals surface area contributed by atoms with E-state index in [0.717, 1.165) is 16.0 Å². The van der Waals surface area contributed by atoms with Gasteiger partial charge in [0.25, 0.3) is 5.91 Å². The van der Waals surface area contributed by atoms with Crippen LogP contribution in [0.2, 0.25) is 0 Å². The number of thiophene rings is 1. The van der Waals surface area contributed by atoms with E-state index in [0.29, 0.717) is 43.2 Å². The third kappa shape index (κ3) is 5.18. The molecule has 0 saturated heterocycles. The van der Waals surface area contributed by atoms with Crippen LogP contribution in [-0.4, -0.2) is 57.7 Å². The normalized spacial score (nSPS) is 17.1. The lowest BCUT2D eigenvalue weighted by Gasteiger charge is -2.41. The molecule has 184 valence electrons. The molecule has 1 aromatic heterocycles. The number of hydrogen-bond acceptors (Lipinski definition) is 6. The van der Waals surface area contributed by atoms with Crippen LogP contribution in [0.1, 0.15) is 38.3 Å². The van der Waals surface area contributed by atoms with Gasteiger partial charge in [-0.1, -0.05) is 30.3 Å². The lowest BCUT2D eigenvalue weighted by molar-refractivity contribution is -0.124. The Bertz CT molecular complexity index is 1160. The van der Waals surface area contributed by atoms with Crippen molar-refractivity contribution >= 4 is 23.2 Å². The molecule has 2 unspecified atom stereocenters. The molecule has 0 saturated carbocycles. The molecule has 2 atom stereocenters. The van der Waals surface area contributed by atoms with Crippen molar-refractivity contribution in [2.24, 2.45) is 0 Å². The van der Waals surface area contributed by atoms with Gasteiger partial charge in [-0.25, -0.2) is 0 Å². The molecule has 3 aromatic rings. The number of rotatable bonds is 10. The Morgan fingerprint density at radius 1 is 1.03 bits per heavy atom. The summed E-state index contributed by atoms with van der Waals surface area (Å²) in [5, 5.41) is 5.09. The minimum atomic E-state index is -0.523. The summed E-state index contributed by atoms with van der Waals surface area (Å²) in [7, 11) is 4.82. The van der Waals surface area contributed by atoms with Gasteiger partial charge in [-0.05, 0) is 47.2 Å². The molecule has 8 heteroatoms. The van der Waals surface area contributed by atoms with Gasteiger partial charge in [0, 0.05) is 30.6 Å². The van der Waals surface area contributed by atoms with Gasteiger partial charge < -0.3 is 24.4 Å². The number of carbonyl (C=O) groups excluding carboxylic acids is 2. The third-order valence-electron chi connectivity index (χ3n) is 6.25. The van der Waals surface area contributed by atoms with Gasteiger partial charge in [0.05, 0.1) is 32.8 Å². The topological polar surface area (TPSA) is 77.1 Å². The fraction of sp³-hybridized carbons (Fsp3) is 0.333. The van der Waals surface area contributed by atoms with Crippen LogP contribution in [0.3, 0.4) is 0 Å². The second kappa shape index (κ2) is 11.4. The van der Waals surface area contributed by atoms with Crippen LogP contribution in [0.5, 0.6) is 11.5 Å². The average Bonchev–Trinajstić information content (AvgIpc) is 3.42. The molecule has 35 heavy (non-hydrogen) atoms. The Kier molecular flexibility index (Phi) is 8.05. The van der Waals surface area contributed by atoms with Crippen LogP contribution in [0.4, 0.5) is 0 Å². The molecule has 0 radical (unpaired) electrons. The zero-order valence-corrected chi connectivity index (χ0v) is 21.0. The Labute approximate surface area is 209 Å². The number of nitrogens with one attached hydrogen (secondary N) is 1. The van der Waals surface area contributed by atoms with E-state index in [1.165, 1.54) is 0 Å². The number of hydrogen-bond donors (Lipinski definition) is 1. The zero-order valence-electron chi connectivity index (χ0n) is 20.2. The Balaban J connectivity index is 1.59. The Morgan fingerprint density at radius 2 is 1.83 bits per heavy atom. The second-order valence-corrected chi connectivity index (χ2v) is 9.23. The average molecular weight is 495 g/mol. The van der Waals surface area contributed by atoms with Crippen LogP contribution in [0, 0.1) is 0 Å². The van der Waals surface area contributed by atoms with E-state index in [1.54, 1.807) is 43.6 Å². The Hall–Kier alpha value is -3.36. The summed E-state index contributed by atoms with van der Waals surface area (Å²) in [6.07, 6.45) is 0.635. The molecule has 0 aliphatic carbocycles. The molecule has 1 N–H and O–H groups in total. The number of benzene rings is 2. The molecular formula is C27H30N2O5S. The largest absolute Gasteiger partial charge is 0.493 e. The van der Waals surface area contributed by atoms with Gasteiger partial charge in [0.1, 0.15) is 0 Å². The van der Waals surface area contributed by atoms with Crippen molar-refractivity contribution in [1.29, 1.82) is 0 Å². The van der Waals surface area contributed by atoms with Crippen LogP contribution < -0.4 is 14.8 Å². The second-order valence-electron chi connectivity index (χ2n) is 8.25. The van der Waals surface area contributed by atoms with E-state index in [9.17, 15) is 9.59 Å².